The van der Waals surface area contributed by atoms with Gasteiger partial charge in [0.05, 0.1) is 26.2 Å². The Morgan fingerprint density at radius 1 is 1.31 bits per heavy atom. The number of rotatable bonds is 6. The summed E-state index contributed by atoms with van der Waals surface area (Å²) in [6, 6.07) is 12.8. The van der Waals surface area contributed by atoms with Crippen LogP contribution in [0.1, 0.15) is 17.2 Å². The van der Waals surface area contributed by atoms with Crippen molar-refractivity contribution in [2.24, 2.45) is 0 Å². The van der Waals surface area contributed by atoms with E-state index in [1.54, 1.807) is 20.2 Å². The van der Waals surface area contributed by atoms with Gasteiger partial charge >= 0.3 is 0 Å². The Morgan fingerprint density at radius 2 is 2.12 bits per heavy atom. The molecule has 0 aliphatic carbocycles. The molecule has 2 aromatic carbocycles. The second-order valence-corrected chi connectivity index (χ2v) is 6.68. The lowest BCUT2D eigenvalue weighted by Gasteiger charge is -2.21. The van der Waals surface area contributed by atoms with Crippen LogP contribution in [0.2, 0.25) is 5.02 Å². The predicted octanol–water partition coefficient (Wildman–Crippen LogP) is 3.56. The molecule has 1 aromatic heterocycles. The Morgan fingerprint density at radius 3 is 2.88 bits per heavy atom. The molecule has 6 heteroatoms. The molecule has 0 spiro atoms. The van der Waals surface area contributed by atoms with E-state index in [0.717, 1.165) is 16.5 Å². The van der Waals surface area contributed by atoms with Gasteiger partial charge in [0.25, 0.3) is 0 Å². The average molecular weight is 373 g/mol. The molecule has 0 aliphatic rings. The van der Waals surface area contributed by atoms with E-state index in [2.05, 4.69) is 4.98 Å². The summed E-state index contributed by atoms with van der Waals surface area (Å²) < 4.78 is 5.17. The summed E-state index contributed by atoms with van der Waals surface area (Å²) in [5, 5.41) is 12.0. The zero-order valence-electron chi connectivity index (χ0n) is 14.7. The molecule has 0 fully saturated rings. The summed E-state index contributed by atoms with van der Waals surface area (Å²) in [7, 11) is 3.27. The van der Waals surface area contributed by atoms with Crippen molar-refractivity contribution in [1.82, 2.24) is 9.88 Å². The Hall–Kier alpha value is -2.50. The Balaban J connectivity index is 1.68. The van der Waals surface area contributed by atoms with Crippen molar-refractivity contribution in [2.75, 3.05) is 20.7 Å². The quantitative estimate of drug-likeness (QED) is 0.695. The van der Waals surface area contributed by atoms with Crippen molar-refractivity contribution < 1.29 is 14.6 Å². The van der Waals surface area contributed by atoms with Crippen LogP contribution in [0.3, 0.4) is 0 Å². The smallest absolute Gasteiger partial charge is 0.226 e. The maximum Gasteiger partial charge on any atom is 0.226 e. The SMILES string of the molecule is COc1cccc(C(O)CN(C)C(=O)Cc2c[nH]c3ccc(Cl)cc23)c1. The molecule has 3 rings (SSSR count). The highest BCUT2D eigenvalue weighted by molar-refractivity contribution is 6.31. The number of nitrogens with zero attached hydrogens (tertiary/aromatic N) is 1. The first-order valence-corrected chi connectivity index (χ1v) is 8.67. The first-order valence-electron chi connectivity index (χ1n) is 8.29. The van der Waals surface area contributed by atoms with Gasteiger partial charge in [-0.05, 0) is 41.5 Å². The minimum atomic E-state index is -0.781. The molecule has 0 aliphatic heterocycles. The highest BCUT2D eigenvalue weighted by Crippen LogP contribution is 2.24. The molecule has 0 radical (unpaired) electrons. The van der Waals surface area contributed by atoms with Crippen LogP contribution in [0.5, 0.6) is 5.75 Å². The lowest BCUT2D eigenvalue weighted by molar-refractivity contribution is -0.130. The van der Waals surface area contributed by atoms with Gasteiger partial charge in [-0.3, -0.25) is 4.79 Å². The summed E-state index contributed by atoms with van der Waals surface area (Å²) in [4.78, 5) is 17.3. The molecular weight excluding hydrogens is 352 g/mol. The molecule has 1 unspecified atom stereocenters. The number of ether oxygens (including phenoxy) is 1. The molecule has 26 heavy (non-hydrogen) atoms. The number of amides is 1. The Bertz CT molecular complexity index is 922. The van der Waals surface area contributed by atoms with Crippen LogP contribution in [0.25, 0.3) is 10.9 Å². The van der Waals surface area contributed by atoms with E-state index in [1.807, 2.05) is 42.6 Å². The third kappa shape index (κ3) is 4.00. The van der Waals surface area contributed by atoms with Crippen LogP contribution < -0.4 is 4.74 Å². The molecule has 3 aromatic rings. The van der Waals surface area contributed by atoms with Gasteiger partial charge in [-0.15, -0.1) is 0 Å². The van der Waals surface area contributed by atoms with E-state index in [4.69, 9.17) is 16.3 Å². The molecule has 0 saturated carbocycles. The number of aliphatic hydroxyl groups is 1. The Labute approximate surface area is 157 Å². The number of benzene rings is 2. The third-order valence-electron chi connectivity index (χ3n) is 4.42. The number of aromatic nitrogens is 1. The standard InChI is InChI=1S/C20H21ClN2O3/c1-23(12-19(24)13-4-3-5-16(8-13)26-2)20(25)9-14-11-22-18-7-6-15(21)10-17(14)18/h3-8,10-11,19,22,24H,9,12H2,1-2H3. The van der Waals surface area contributed by atoms with E-state index in [-0.39, 0.29) is 18.9 Å². The summed E-state index contributed by atoms with van der Waals surface area (Å²) >= 11 is 6.06. The number of carbonyl (C=O) groups excluding carboxylic acids is 1. The number of likely N-dealkylation sites (N-methyl/N-ethyl adjacent to an activating group) is 1. The van der Waals surface area contributed by atoms with Crippen LogP contribution in [0, 0.1) is 0 Å². The van der Waals surface area contributed by atoms with Gasteiger partial charge in [0, 0.05) is 29.2 Å². The molecular formula is C20H21ClN2O3. The molecule has 0 bridgehead atoms. The fourth-order valence-electron chi connectivity index (χ4n) is 2.91. The maximum atomic E-state index is 12.6. The number of methoxy groups -OCH3 is 1. The van der Waals surface area contributed by atoms with E-state index in [1.165, 1.54) is 4.90 Å². The van der Waals surface area contributed by atoms with Crippen molar-refractivity contribution in [2.45, 2.75) is 12.5 Å². The Kier molecular flexibility index (Phi) is 5.49. The van der Waals surface area contributed by atoms with Crippen LogP contribution in [0.4, 0.5) is 0 Å². The number of hydrogen-bond donors (Lipinski definition) is 2. The van der Waals surface area contributed by atoms with E-state index in [0.29, 0.717) is 16.3 Å². The summed E-state index contributed by atoms with van der Waals surface area (Å²) in [5.74, 6) is 0.596. The number of carbonyl (C=O) groups is 1. The number of fused-ring (bicyclic) bond motifs is 1. The van der Waals surface area contributed by atoms with Gasteiger partial charge in [-0.2, -0.15) is 0 Å². The highest BCUT2D eigenvalue weighted by atomic mass is 35.5. The first kappa shape index (κ1) is 18.3. The number of halogens is 1. The third-order valence-corrected chi connectivity index (χ3v) is 4.66. The molecule has 2 N–H and O–H groups in total. The number of H-pyrrole nitrogens is 1. The van der Waals surface area contributed by atoms with Gasteiger partial charge in [-0.1, -0.05) is 23.7 Å². The van der Waals surface area contributed by atoms with Gasteiger partial charge in [0.1, 0.15) is 5.75 Å². The van der Waals surface area contributed by atoms with Gasteiger partial charge in [-0.25, -0.2) is 0 Å². The van der Waals surface area contributed by atoms with Crippen molar-refractivity contribution in [1.29, 1.82) is 0 Å². The predicted molar refractivity (Wildman–Crippen MR) is 103 cm³/mol. The normalized spacial score (nSPS) is 12.2. The van der Waals surface area contributed by atoms with Gasteiger partial charge < -0.3 is 19.7 Å². The second-order valence-electron chi connectivity index (χ2n) is 6.25. The van der Waals surface area contributed by atoms with Crippen molar-refractivity contribution >= 4 is 28.4 Å². The molecule has 1 heterocycles. The maximum absolute atomic E-state index is 12.6. The van der Waals surface area contributed by atoms with Crippen molar-refractivity contribution in [3.05, 3.63) is 64.8 Å². The zero-order valence-corrected chi connectivity index (χ0v) is 15.5. The van der Waals surface area contributed by atoms with Crippen LogP contribution in [-0.4, -0.2) is 41.6 Å². The summed E-state index contributed by atoms with van der Waals surface area (Å²) in [5.41, 5.74) is 2.54. The second kappa shape index (κ2) is 7.81. The zero-order chi connectivity index (χ0) is 18.7. The largest absolute Gasteiger partial charge is 0.497 e. The highest BCUT2D eigenvalue weighted by Gasteiger charge is 2.17. The van der Waals surface area contributed by atoms with Crippen molar-refractivity contribution in [3.63, 3.8) is 0 Å². The van der Waals surface area contributed by atoms with Gasteiger partial charge in [0.15, 0.2) is 0 Å². The van der Waals surface area contributed by atoms with Crippen LogP contribution >= 0.6 is 11.6 Å². The van der Waals surface area contributed by atoms with E-state index >= 15 is 0 Å². The number of nitrogens with one attached hydrogen (secondary N) is 1. The topological polar surface area (TPSA) is 65.6 Å². The summed E-state index contributed by atoms with van der Waals surface area (Å²) in [6.07, 6.45) is 1.28. The molecule has 5 nitrogen and oxygen atoms in total. The van der Waals surface area contributed by atoms with Gasteiger partial charge in [0.2, 0.25) is 5.91 Å². The van der Waals surface area contributed by atoms with Crippen LogP contribution in [0.15, 0.2) is 48.7 Å². The number of aliphatic hydroxyl groups excluding tert-OH is 1. The minimum Gasteiger partial charge on any atom is -0.497 e. The minimum absolute atomic E-state index is 0.0761. The van der Waals surface area contributed by atoms with Crippen LogP contribution in [-0.2, 0) is 11.2 Å². The fourth-order valence-corrected chi connectivity index (χ4v) is 3.08. The average Bonchev–Trinajstić information content (AvgIpc) is 3.03. The lowest BCUT2D eigenvalue weighted by Crippen LogP contribution is -2.32. The summed E-state index contributed by atoms with van der Waals surface area (Å²) in [6.45, 7) is 0.203. The fraction of sp³-hybridized carbons (Fsp3) is 0.250. The molecule has 0 saturated heterocycles. The molecule has 1 amide bonds. The number of hydrogen-bond acceptors (Lipinski definition) is 3. The van der Waals surface area contributed by atoms with Crippen molar-refractivity contribution in [3.8, 4) is 5.75 Å². The number of aromatic amines is 1. The lowest BCUT2D eigenvalue weighted by atomic mass is 10.1. The molecule has 1 atom stereocenters. The first-order chi connectivity index (χ1) is 12.5. The van der Waals surface area contributed by atoms with E-state index in [9.17, 15) is 9.90 Å². The molecule has 136 valence electrons. The van der Waals surface area contributed by atoms with E-state index < -0.39 is 6.10 Å². The monoisotopic (exact) mass is 372 g/mol.